The van der Waals surface area contributed by atoms with Crippen molar-refractivity contribution in [2.45, 2.75) is 22.6 Å². The fourth-order valence-corrected chi connectivity index (χ4v) is 1.50. The number of hydrogen-bond donors (Lipinski definition) is 0. The van der Waals surface area contributed by atoms with E-state index in [9.17, 15) is 0 Å². The molecule has 0 aromatic carbocycles. The third kappa shape index (κ3) is 8.92. The Hall–Kier alpha value is 1.11. The first-order valence-electron chi connectivity index (χ1n) is 2.05. The van der Waals surface area contributed by atoms with Crippen molar-refractivity contribution in [1.29, 1.82) is 0 Å². The molecule has 38 valence electrons. The van der Waals surface area contributed by atoms with Gasteiger partial charge in [0, 0.05) is 0 Å². The Balaban J connectivity index is 0. The van der Waals surface area contributed by atoms with E-state index in [1.165, 1.54) is 8.73 Å². The average molecular weight is 215 g/mol. The smallest absolute Gasteiger partial charge is 1.00 e. The fourth-order valence-electron chi connectivity index (χ4n) is 0.224. The van der Waals surface area contributed by atoms with E-state index in [4.69, 9.17) is 0 Å². The molecule has 0 aromatic rings. The summed E-state index contributed by atoms with van der Waals surface area (Å²) in [6.45, 7) is 4.56. The molecule has 0 aromatic heterocycles. The van der Waals surface area contributed by atoms with Crippen LogP contribution in [-0.2, 0) is 0 Å². The maximum absolute atomic E-state index is 2.28. The molecular weight excluding hydrogens is 205 g/mol. The Labute approximate surface area is 56.6 Å². The van der Waals surface area contributed by atoms with Gasteiger partial charge in [0.05, 0.1) is 0 Å². The van der Waals surface area contributed by atoms with Crippen LogP contribution in [-0.4, -0.2) is 21.6 Å². The minimum atomic E-state index is 0. The summed E-state index contributed by atoms with van der Waals surface area (Å²) in [6.07, 6.45) is 0. The molecular formula is C4H10ClSb. The second-order valence-electron chi connectivity index (χ2n) is 0.856. The predicted octanol–water partition coefficient (Wildman–Crippen LogP) is -1.43. The molecule has 0 N–H and O–H groups in total. The third-order valence-electron chi connectivity index (χ3n) is 0.447. The maximum Gasteiger partial charge on any atom is -1.00 e. The van der Waals surface area contributed by atoms with Crippen LogP contribution in [0.2, 0.25) is 8.73 Å². The van der Waals surface area contributed by atoms with Crippen molar-refractivity contribution in [2.75, 3.05) is 0 Å². The van der Waals surface area contributed by atoms with Crippen LogP contribution in [0.4, 0.5) is 0 Å². The van der Waals surface area contributed by atoms with Crippen molar-refractivity contribution in [2.24, 2.45) is 0 Å². The second kappa shape index (κ2) is 9.44. The van der Waals surface area contributed by atoms with Crippen LogP contribution >= 0.6 is 0 Å². The molecule has 2 heteroatoms. The van der Waals surface area contributed by atoms with E-state index in [0.29, 0.717) is 21.6 Å². The Morgan fingerprint density at radius 1 is 1.17 bits per heavy atom. The number of rotatable bonds is 2. The van der Waals surface area contributed by atoms with Crippen LogP contribution in [0.3, 0.4) is 0 Å². The third-order valence-corrected chi connectivity index (χ3v) is 3.00. The molecule has 0 bridgehead atoms. The van der Waals surface area contributed by atoms with E-state index in [1.807, 2.05) is 0 Å². The van der Waals surface area contributed by atoms with Gasteiger partial charge in [0.25, 0.3) is 0 Å². The molecule has 0 spiro atoms. The average Bonchev–Trinajstić information content (AvgIpc) is 1.41. The molecule has 2 radical (unpaired) electrons. The Morgan fingerprint density at radius 2 is 1.50 bits per heavy atom. The predicted molar refractivity (Wildman–Crippen MR) is 26.7 cm³/mol. The van der Waals surface area contributed by atoms with Crippen LogP contribution in [0, 0.1) is 0 Å². The van der Waals surface area contributed by atoms with Crippen LogP contribution < -0.4 is 12.4 Å². The Morgan fingerprint density at radius 3 is 1.50 bits per heavy atom. The molecule has 0 heterocycles. The summed E-state index contributed by atoms with van der Waals surface area (Å²) in [5.74, 6) is 0. The summed E-state index contributed by atoms with van der Waals surface area (Å²) in [4.78, 5) is 0. The van der Waals surface area contributed by atoms with Crippen LogP contribution in [0.5, 0.6) is 0 Å². The summed E-state index contributed by atoms with van der Waals surface area (Å²) in [5.41, 5.74) is 0. The molecule has 0 rings (SSSR count). The van der Waals surface area contributed by atoms with Gasteiger partial charge in [0.2, 0.25) is 0 Å². The molecule has 6 heavy (non-hydrogen) atoms. The fraction of sp³-hybridized carbons (Fsp3) is 1.00. The standard InChI is InChI=1S/2C2H5.ClH.Sb/c2*1-2;;/h2*1H2,2H3;1H;/q;;;+1/p-1. The van der Waals surface area contributed by atoms with Gasteiger partial charge in [0.15, 0.2) is 0 Å². The van der Waals surface area contributed by atoms with Crippen LogP contribution in [0.1, 0.15) is 13.8 Å². The molecule has 0 nitrogen and oxygen atoms in total. The minimum Gasteiger partial charge on any atom is -1.00 e. The summed E-state index contributed by atoms with van der Waals surface area (Å²) in [7, 11) is 0. The van der Waals surface area contributed by atoms with E-state index in [0.717, 1.165) is 0 Å². The van der Waals surface area contributed by atoms with E-state index < -0.39 is 0 Å². The molecule has 0 saturated heterocycles. The topological polar surface area (TPSA) is 0 Å². The van der Waals surface area contributed by atoms with E-state index in [-0.39, 0.29) is 12.4 Å². The number of halogens is 1. The molecule has 0 aliphatic carbocycles. The first-order chi connectivity index (χ1) is 2.41. The molecule has 0 atom stereocenters. The summed E-state index contributed by atoms with van der Waals surface area (Å²) >= 11 is 0.356. The molecule has 0 aliphatic heterocycles. The molecule has 0 aliphatic rings. The van der Waals surface area contributed by atoms with Crippen molar-refractivity contribution < 1.29 is 12.4 Å². The zero-order valence-electron chi connectivity index (χ0n) is 4.24. The van der Waals surface area contributed by atoms with E-state index in [2.05, 4.69) is 13.8 Å². The van der Waals surface area contributed by atoms with Crippen LogP contribution in [0.25, 0.3) is 0 Å². The van der Waals surface area contributed by atoms with E-state index in [1.54, 1.807) is 0 Å². The van der Waals surface area contributed by atoms with Gasteiger partial charge in [-0.15, -0.1) is 0 Å². The summed E-state index contributed by atoms with van der Waals surface area (Å²) in [5, 5.41) is 0. The molecule has 0 fully saturated rings. The first-order valence-corrected chi connectivity index (χ1v) is 5.66. The van der Waals surface area contributed by atoms with Crippen molar-refractivity contribution in [3.8, 4) is 0 Å². The Kier molecular flexibility index (Phi) is 16.0. The minimum absolute atomic E-state index is 0. The zero-order valence-corrected chi connectivity index (χ0v) is 7.55. The van der Waals surface area contributed by atoms with Gasteiger partial charge in [-0.2, -0.15) is 0 Å². The van der Waals surface area contributed by atoms with Gasteiger partial charge >= 0.3 is 44.2 Å². The quantitative estimate of drug-likeness (QED) is 0.496. The SMILES string of the molecule is C[CH2][Sb+][CH2]C.[Cl-]. The Bertz CT molecular complexity index is 15.0. The first kappa shape index (κ1) is 10.2. The monoisotopic (exact) mass is 214 g/mol. The zero-order chi connectivity index (χ0) is 4.12. The van der Waals surface area contributed by atoms with Gasteiger partial charge in [-0.3, -0.25) is 0 Å². The van der Waals surface area contributed by atoms with E-state index >= 15 is 0 Å². The van der Waals surface area contributed by atoms with Crippen LogP contribution in [0.15, 0.2) is 0 Å². The van der Waals surface area contributed by atoms with Gasteiger partial charge in [-0.1, -0.05) is 0 Å². The van der Waals surface area contributed by atoms with Gasteiger partial charge in [-0.25, -0.2) is 0 Å². The van der Waals surface area contributed by atoms with Crippen molar-refractivity contribution >= 4 is 21.6 Å². The molecule has 0 unspecified atom stereocenters. The van der Waals surface area contributed by atoms with Crippen molar-refractivity contribution in [3.63, 3.8) is 0 Å². The van der Waals surface area contributed by atoms with Gasteiger partial charge < -0.3 is 12.4 Å². The van der Waals surface area contributed by atoms with Gasteiger partial charge in [-0.05, 0) is 0 Å². The largest absolute Gasteiger partial charge is 1.00 e. The molecule has 0 amide bonds. The summed E-state index contributed by atoms with van der Waals surface area (Å²) in [6, 6.07) is 0. The van der Waals surface area contributed by atoms with Crippen molar-refractivity contribution in [1.82, 2.24) is 0 Å². The molecule has 0 saturated carbocycles. The maximum atomic E-state index is 2.28. The second-order valence-corrected chi connectivity index (χ2v) is 5.74. The number of hydrogen-bond acceptors (Lipinski definition) is 0. The van der Waals surface area contributed by atoms with Gasteiger partial charge in [0.1, 0.15) is 0 Å². The normalized spacial score (nSPS) is 7.00. The summed E-state index contributed by atoms with van der Waals surface area (Å²) < 4.78 is 2.99. The van der Waals surface area contributed by atoms with Crippen molar-refractivity contribution in [3.05, 3.63) is 0 Å².